The molecule has 19 heavy (non-hydrogen) atoms. The van der Waals surface area contributed by atoms with Crippen molar-refractivity contribution in [2.24, 2.45) is 0 Å². The minimum atomic E-state index is 0.982. The Balaban J connectivity index is 2.14. The maximum atomic E-state index is 5.58. The zero-order valence-electron chi connectivity index (χ0n) is 10.6. The fourth-order valence-electron chi connectivity index (χ4n) is 2.55. The minimum absolute atomic E-state index is 0.982. The molecule has 0 amide bonds. The summed E-state index contributed by atoms with van der Waals surface area (Å²) in [6, 6.07) is 19.6. The summed E-state index contributed by atoms with van der Waals surface area (Å²) in [4.78, 5) is 0. The molecule has 1 heteroatoms. The highest BCUT2D eigenvalue weighted by Gasteiger charge is 2.02. The van der Waals surface area contributed by atoms with Crippen LogP contribution in [0.2, 0.25) is 0 Å². The first-order valence-corrected chi connectivity index (χ1v) is 6.98. The fourth-order valence-corrected chi connectivity index (χ4v) is 2.68. The highest BCUT2D eigenvalue weighted by Crippen LogP contribution is 2.26. The number of allylic oxidation sites excluding steroid dienone is 1. The van der Waals surface area contributed by atoms with E-state index in [0.29, 0.717) is 0 Å². The average molecular weight is 267 g/mol. The molecule has 0 spiro atoms. The van der Waals surface area contributed by atoms with Crippen molar-refractivity contribution in [3.05, 3.63) is 71.8 Å². The summed E-state index contributed by atoms with van der Waals surface area (Å²) in [5, 5.41) is 5.26. The van der Waals surface area contributed by atoms with Crippen LogP contribution in [-0.2, 0) is 6.42 Å². The van der Waals surface area contributed by atoms with Crippen LogP contribution in [0.1, 0.15) is 12.0 Å². The zero-order valence-corrected chi connectivity index (χ0v) is 11.4. The van der Waals surface area contributed by atoms with Gasteiger partial charge in [0.1, 0.15) is 0 Å². The van der Waals surface area contributed by atoms with Gasteiger partial charge in [-0.15, -0.1) is 0 Å². The van der Waals surface area contributed by atoms with Crippen molar-refractivity contribution in [3.63, 3.8) is 0 Å². The van der Waals surface area contributed by atoms with Crippen LogP contribution in [0.15, 0.2) is 66.2 Å². The van der Waals surface area contributed by atoms with E-state index in [1.807, 2.05) is 6.08 Å². The molecule has 0 atom stereocenters. The number of benzene rings is 3. The van der Waals surface area contributed by atoms with Gasteiger partial charge in [-0.3, -0.25) is 0 Å². The summed E-state index contributed by atoms with van der Waals surface area (Å²) >= 11 is 5.58. The van der Waals surface area contributed by atoms with E-state index in [2.05, 4.69) is 54.6 Å². The van der Waals surface area contributed by atoms with Gasteiger partial charge in [0.05, 0.1) is 0 Å². The van der Waals surface area contributed by atoms with E-state index in [1.54, 1.807) is 5.54 Å². The van der Waals surface area contributed by atoms with Gasteiger partial charge in [0.15, 0.2) is 0 Å². The lowest BCUT2D eigenvalue weighted by molar-refractivity contribution is 1.01. The van der Waals surface area contributed by atoms with Gasteiger partial charge in [-0.25, -0.2) is 0 Å². The molecule has 3 aromatic carbocycles. The molecule has 0 aliphatic carbocycles. The second kappa shape index (κ2) is 5.46. The predicted molar refractivity (Wildman–Crippen MR) is 84.8 cm³/mol. The van der Waals surface area contributed by atoms with Crippen LogP contribution in [0, 0.1) is 0 Å². The Morgan fingerprint density at radius 1 is 0.842 bits per heavy atom. The Morgan fingerprint density at radius 2 is 1.58 bits per heavy atom. The van der Waals surface area contributed by atoms with Crippen LogP contribution in [0.5, 0.6) is 0 Å². The van der Waals surface area contributed by atoms with Crippen LogP contribution in [0.4, 0.5) is 0 Å². The molecule has 94 valence electrons. The smallest absolute Gasteiger partial charge is 0.000257 e. The Labute approximate surface area is 118 Å². The first kappa shape index (κ1) is 12.3. The van der Waals surface area contributed by atoms with E-state index in [0.717, 1.165) is 12.8 Å². The van der Waals surface area contributed by atoms with E-state index in [4.69, 9.17) is 11.6 Å². The number of fused-ring (bicyclic) bond motifs is 2. The quantitative estimate of drug-likeness (QED) is 0.535. The molecule has 0 saturated carbocycles. The second-order valence-corrected chi connectivity index (χ2v) is 4.99. The fraction of sp³-hybridized carbons (Fsp3) is 0.111. The molecule has 0 aliphatic heterocycles. The van der Waals surface area contributed by atoms with Crippen LogP contribution in [-0.4, -0.2) is 0 Å². The molecule has 3 rings (SSSR count). The first-order valence-electron chi connectivity index (χ1n) is 6.54. The number of aryl methyl sites for hydroxylation is 1. The van der Waals surface area contributed by atoms with Gasteiger partial charge >= 0.3 is 0 Å². The van der Waals surface area contributed by atoms with Crippen molar-refractivity contribution >= 4 is 33.1 Å². The van der Waals surface area contributed by atoms with E-state index >= 15 is 0 Å². The van der Waals surface area contributed by atoms with Crippen LogP contribution in [0.3, 0.4) is 0 Å². The van der Waals surface area contributed by atoms with Gasteiger partial charge < -0.3 is 0 Å². The van der Waals surface area contributed by atoms with Gasteiger partial charge in [-0.1, -0.05) is 60.1 Å². The molecule has 0 saturated heterocycles. The molecule has 0 unspecified atom stereocenters. The van der Waals surface area contributed by atoms with Crippen LogP contribution < -0.4 is 0 Å². The maximum absolute atomic E-state index is 5.58. The zero-order chi connectivity index (χ0) is 13.1. The van der Waals surface area contributed by atoms with Gasteiger partial charge in [-0.05, 0) is 52.1 Å². The van der Waals surface area contributed by atoms with E-state index in [9.17, 15) is 0 Å². The van der Waals surface area contributed by atoms with Crippen molar-refractivity contribution in [1.29, 1.82) is 0 Å². The lowest BCUT2D eigenvalue weighted by Crippen LogP contribution is -1.86. The number of rotatable bonds is 3. The summed E-state index contributed by atoms with van der Waals surface area (Å²) in [7, 11) is 0. The monoisotopic (exact) mass is 266 g/mol. The maximum Gasteiger partial charge on any atom is 0.000257 e. The SMILES string of the molecule is ClC=CCCc1cccc2cc3ccccc3cc12. The largest absolute Gasteiger partial charge is 0.0933 e. The third kappa shape index (κ3) is 2.50. The van der Waals surface area contributed by atoms with Gasteiger partial charge in [0.2, 0.25) is 0 Å². The Bertz CT molecular complexity index is 741. The summed E-state index contributed by atoms with van der Waals surface area (Å²) in [5.41, 5.74) is 2.98. The molecule has 0 heterocycles. The predicted octanol–water partition coefficient (Wildman–Crippen LogP) is 5.68. The molecule has 0 N–H and O–H groups in total. The standard InChI is InChI=1S/C18H15Cl/c19-11-4-3-6-14-9-5-10-17-12-15-7-1-2-8-16(15)13-18(14)17/h1-2,4-5,7-13H,3,6H2. The third-order valence-corrected chi connectivity index (χ3v) is 3.68. The van der Waals surface area contributed by atoms with Crippen molar-refractivity contribution in [2.45, 2.75) is 12.8 Å². The molecule has 0 bridgehead atoms. The summed E-state index contributed by atoms with van der Waals surface area (Å²) < 4.78 is 0. The van der Waals surface area contributed by atoms with Gasteiger partial charge in [0, 0.05) is 5.54 Å². The first-order chi connectivity index (χ1) is 9.38. The molecule has 0 aromatic heterocycles. The molecular formula is C18H15Cl. The Morgan fingerprint density at radius 3 is 2.37 bits per heavy atom. The summed E-state index contributed by atoms with van der Waals surface area (Å²) in [5.74, 6) is 0. The molecular weight excluding hydrogens is 252 g/mol. The summed E-state index contributed by atoms with van der Waals surface area (Å²) in [6.07, 6.45) is 4.01. The van der Waals surface area contributed by atoms with Gasteiger partial charge in [-0.2, -0.15) is 0 Å². The van der Waals surface area contributed by atoms with Crippen molar-refractivity contribution in [3.8, 4) is 0 Å². The van der Waals surface area contributed by atoms with E-state index in [1.165, 1.54) is 27.1 Å². The lowest BCUT2D eigenvalue weighted by Gasteiger charge is -2.07. The minimum Gasteiger partial charge on any atom is -0.0933 e. The lowest BCUT2D eigenvalue weighted by atomic mass is 9.97. The Hall–Kier alpha value is -1.79. The highest BCUT2D eigenvalue weighted by atomic mass is 35.5. The second-order valence-electron chi connectivity index (χ2n) is 4.74. The van der Waals surface area contributed by atoms with Crippen molar-refractivity contribution < 1.29 is 0 Å². The molecule has 0 radical (unpaired) electrons. The summed E-state index contributed by atoms with van der Waals surface area (Å²) in [6.45, 7) is 0. The molecule has 0 fully saturated rings. The number of hydrogen-bond donors (Lipinski definition) is 0. The highest BCUT2D eigenvalue weighted by molar-refractivity contribution is 6.25. The molecule has 3 aromatic rings. The number of hydrogen-bond acceptors (Lipinski definition) is 0. The topological polar surface area (TPSA) is 0 Å². The number of halogens is 1. The third-order valence-electron chi connectivity index (χ3n) is 3.51. The normalized spacial score (nSPS) is 11.6. The molecule has 0 aliphatic rings. The van der Waals surface area contributed by atoms with Crippen LogP contribution >= 0.6 is 11.6 Å². The van der Waals surface area contributed by atoms with Crippen molar-refractivity contribution in [1.82, 2.24) is 0 Å². The van der Waals surface area contributed by atoms with E-state index in [-0.39, 0.29) is 0 Å². The van der Waals surface area contributed by atoms with E-state index < -0.39 is 0 Å². The van der Waals surface area contributed by atoms with Crippen LogP contribution in [0.25, 0.3) is 21.5 Å². The molecule has 0 nitrogen and oxygen atoms in total. The Kier molecular flexibility index (Phi) is 3.52. The average Bonchev–Trinajstić information content (AvgIpc) is 2.46. The van der Waals surface area contributed by atoms with Gasteiger partial charge in [0.25, 0.3) is 0 Å². The van der Waals surface area contributed by atoms with Crippen molar-refractivity contribution in [2.75, 3.05) is 0 Å².